The number of nitrogens with zero attached hydrogens (tertiary/aromatic N) is 1. The predicted octanol–water partition coefficient (Wildman–Crippen LogP) is 2.34. The van der Waals surface area contributed by atoms with Gasteiger partial charge in [0.15, 0.2) is 5.76 Å². The van der Waals surface area contributed by atoms with E-state index in [0.29, 0.717) is 12.3 Å². The molecule has 0 bridgehead atoms. The van der Waals surface area contributed by atoms with Gasteiger partial charge in [-0.3, -0.25) is 4.79 Å². The molecule has 1 heterocycles. The highest BCUT2D eigenvalue weighted by molar-refractivity contribution is 5.99. The number of aliphatic hydroxyl groups excluding tert-OH is 1. The highest BCUT2D eigenvalue weighted by Gasteiger charge is 2.34. The third-order valence-electron chi connectivity index (χ3n) is 3.63. The van der Waals surface area contributed by atoms with Crippen molar-refractivity contribution in [3.63, 3.8) is 0 Å². The second-order valence-corrected chi connectivity index (χ2v) is 5.01. The molecule has 0 atom stereocenters. The Kier molecular flexibility index (Phi) is 3.03. The minimum Gasteiger partial charge on any atom is -0.451 e. The van der Waals surface area contributed by atoms with Crippen molar-refractivity contribution in [2.75, 3.05) is 13.2 Å². The number of benzene rings is 1. The molecule has 1 aromatic heterocycles. The van der Waals surface area contributed by atoms with E-state index in [1.807, 2.05) is 31.2 Å². The molecule has 1 aliphatic rings. The molecule has 100 valence electrons. The van der Waals surface area contributed by atoms with Crippen LogP contribution in [-0.2, 0) is 0 Å². The summed E-state index contributed by atoms with van der Waals surface area (Å²) in [6.45, 7) is 2.27. The van der Waals surface area contributed by atoms with Gasteiger partial charge in [0.1, 0.15) is 5.58 Å². The van der Waals surface area contributed by atoms with E-state index in [-0.39, 0.29) is 18.6 Å². The Morgan fingerprint density at radius 1 is 1.42 bits per heavy atom. The fourth-order valence-corrected chi connectivity index (χ4v) is 2.45. The Labute approximate surface area is 111 Å². The third kappa shape index (κ3) is 2.12. The summed E-state index contributed by atoms with van der Waals surface area (Å²) in [4.78, 5) is 14.3. The first-order valence-corrected chi connectivity index (χ1v) is 6.62. The van der Waals surface area contributed by atoms with Crippen LogP contribution in [0.4, 0.5) is 0 Å². The van der Waals surface area contributed by atoms with Crippen molar-refractivity contribution in [2.24, 2.45) is 0 Å². The first-order chi connectivity index (χ1) is 9.22. The topological polar surface area (TPSA) is 53.7 Å². The van der Waals surface area contributed by atoms with E-state index in [1.54, 1.807) is 4.90 Å². The van der Waals surface area contributed by atoms with E-state index in [1.165, 1.54) is 0 Å². The monoisotopic (exact) mass is 259 g/mol. The lowest BCUT2D eigenvalue weighted by atomic mass is 10.1. The van der Waals surface area contributed by atoms with Crippen molar-refractivity contribution in [1.82, 2.24) is 4.90 Å². The third-order valence-corrected chi connectivity index (χ3v) is 3.63. The second kappa shape index (κ2) is 4.70. The quantitative estimate of drug-likeness (QED) is 0.917. The number of hydrogen-bond donors (Lipinski definition) is 1. The number of carbonyl (C=O) groups excluding carboxylic acids is 1. The summed E-state index contributed by atoms with van der Waals surface area (Å²) in [5.74, 6) is 0.298. The molecular formula is C15H17NO3. The molecule has 2 aromatic rings. The highest BCUT2D eigenvalue weighted by atomic mass is 16.3. The van der Waals surface area contributed by atoms with Crippen molar-refractivity contribution in [2.45, 2.75) is 25.8 Å². The van der Waals surface area contributed by atoms with Gasteiger partial charge in [-0.2, -0.15) is 0 Å². The molecule has 19 heavy (non-hydrogen) atoms. The maximum Gasteiger partial charge on any atom is 0.290 e. The SMILES string of the molecule is Cc1c(C(=O)N(CCO)C2CC2)oc2ccccc12. The number of amides is 1. The van der Waals surface area contributed by atoms with Gasteiger partial charge in [-0.1, -0.05) is 18.2 Å². The van der Waals surface area contributed by atoms with Gasteiger partial charge in [0.2, 0.25) is 0 Å². The predicted molar refractivity (Wildman–Crippen MR) is 72.1 cm³/mol. The minimum atomic E-state index is -0.106. The average molecular weight is 259 g/mol. The number of aliphatic hydroxyl groups is 1. The van der Waals surface area contributed by atoms with E-state index < -0.39 is 0 Å². The number of hydrogen-bond acceptors (Lipinski definition) is 3. The first kappa shape index (κ1) is 12.2. The molecule has 1 aromatic carbocycles. The Morgan fingerprint density at radius 3 is 2.79 bits per heavy atom. The van der Waals surface area contributed by atoms with Crippen LogP contribution < -0.4 is 0 Å². The molecule has 0 unspecified atom stereocenters. The van der Waals surface area contributed by atoms with Gasteiger partial charge in [-0.25, -0.2) is 0 Å². The van der Waals surface area contributed by atoms with Crippen LogP contribution in [0.1, 0.15) is 29.0 Å². The smallest absolute Gasteiger partial charge is 0.290 e. The Bertz CT molecular complexity index is 613. The van der Waals surface area contributed by atoms with E-state index in [4.69, 9.17) is 9.52 Å². The van der Waals surface area contributed by atoms with Crippen molar-refractivity contribution < 1.29 is 14.3 Å². The summed E-state index contributed by atoms with van der Waals surface area (Å²) in [7, 11) is 0. The molecule has 1 amide bonds. The lowest BCUT2D eigenvalue weighted by molar-refractivity contribution is 0.0677. The summed E-state index contributed by atoms with van der Waals surface area (Å²) < 4.78 is 5.69. The Balaban J connectivity index is 1.98. The summed E-state index contributed by atoms with van der Waals surface area (Å²) in [6.07, 6.45) is 2.04. The van der Waals surface area contributed by atoms with Gasteiger partial charge in [-0.15, -0.1) is 0 Å². The number of rotatable bonds is 4. The van der Waals surface area contributed by atoms with Gasteiger partial charge < -0.3 is 14.4 Å². The maximum atomic E-state index is 12.5. The molecule has 1 N–H and O–H groups in total. The van der Waals surface area contributed by atoms with Crippen LogP contribution in [0.25, 0.3) is 11.0 Å². The standard InChI is InChI=1S/C15H17NO3/c1-10-12-4-2-3-5-13(12)19-14(10)15(18)16(8-9-17)11-6-7-11/h2-5,11,17H,6-9H2,1H3. The number of fused-ring (bicyclic) bond motifs is 1. The molecule has 0 spiro atoms. The normalized spacial score (nSPS) is 14.8. The van der Waals surface area contributed by atoms with Gasteiger partial charge in [0.25, 0.3) is 5.91 Å². The zero-order valence-corrected chi connectivity index (χ0v) is 10.9. The van der Waals surface area contributed by atoms with E-state index in [0.717, 1.165) is 29.4 Å². The van der Waals surface area contributed by atoms with E-state index >= 15 is 0 Å². The van der Waals surface area contributed by atoms with Crippen molar-refractivity contribution >= 4 is 16.9 Å². The van der Waals surface area contributed by atoms with Crippen LogP contribution in [0.3, 0.4) is 0 Å². The van der Waals surface area contributed by atoms with E-state index in [2.05, 4.69) is 0 Å². The molecular weight excluding hydrogens is 242 g/mol. The number of furan rings is 1. The fourth-order valence-electron chi connectivity index (χ4n) is 2.45. The van der Waals surface area contributed by atoms with Gasteiger partial charge in [0, 0.05) is 23.5 Å². The number of para-hydroxylation sites is 1. The zero-order valence-electron chi connectivity index (χ0n) is 10.9. The lowest BCUT2D eigenvalue weighted by Crippen LogP contribution is -2.35. The minimum absolute atomic E-state index is 0.0124. The van der Waals surface area contributed by atoms with Crippen molar-refractivity contribution in [3.8, 4) is 0 Å². The maximum absolute atomic E-state index is 12.5. The van der Waals surface area contributed by atoms with Crippen LogP contribution in [-0.4, -0.2) is 35.1 Å². The molecule has 0 radical (unpaired) electrons. The second-order valence-electron chi connectivity index (χ2n) is 5.01. The van der Waals surface area contributed by atoms with Crippen LogP contribution in [0, 0.1) is 6.92 Å². The summed E-state index contributed by atoms with van der Waals surface area (Å²) >= 11 is 0. The molecule has 4 heteroatoms. The highest BCUT2D eigenvalue weighted by Crippen LogP contribution is 2.31. The molecule has 1 saturated carbocycles. The Hall–Kier alpha value is -1.81. The van der Waals surface area contributed by atoms with Gasteiger partial charge >= 0.3 is 0 Å². The molecule has 1 aliphatic carbocycles. The molecule has 3 rings (SSSR count). The molecule has 0 saturated heterocycles. The van der Waals surface area contributed by atoms with Crippen molar-refractivity contribution in [3.05, 3.63) is 35.6 Å². The van der Waals surface area contributed by atoms with Crippen LogP contribution in [0.5, 0.6) is 0 Å². The van der Waals surface area contributed by atoms with Crippen LogP contribution in [0.15, 0.2) is 28.7 Å². The van der Waals surface area contributed by atoms with Gasteiger partial charge in [0.05, 0.1) is 6.61 Å². The average Bonchev–Trinajstić information content (AvgIpc) is 3.21. The molecule has 0 aliphatic heterocycles. The summed E-state index contributed by atoms with van der Waals surface area (Å²) in [6, 6.07) is 7.93. The van der Waals surface area contributed by atoms with Crippen LogP contribution in [0.2, 0.25) is 0 Å². The number of carbonyl (C=O) groups is 1. The molecule has 4 nitrogen and oxygen atoms in total. The van der Waals surface area contributed by atoms with Gasteiger partial charge in [-0.05, 0) is 25.8 Å². The Morgan fingerprint density at radius 2 is 2.16 bits per heavy atom. The number of aryl methyl sites for hydroxylation is 1. The first-order valence-electron chi connectivity index (χ1n) is 6.62. The van der Waals surface area contributed by atoms with Crippen LogP contribution >= 0.6 is 0 Å². The summed E-state index contributed by atoms with van der Waals surface area (Å²) in [5.41, 5.74) is 1.62. The lowest BCUT2D eigenvalue weighted by Gasteiger charge is -2.20. The van der Waals surface area contributed by atoms with E-state index in [9.17, 15) is 4.79 Å². The largest absolute Gasteiger partial charge is 0.451 e. The van der Waals surface area contributed by atoms with Crippen molar-refractivity contribution in [1.29, 1.82) is 0 Å². The summed E-state index contributed by atoms with van der Waals surface area (Å²) in [5, 5.41) is 10.1. The fraction of sp³-hybridized carbons (Fsp3) is 0.400. The zero-order chi connectivity index (χ0) is 13.4. The molecule has 1 fully saturated rings.